The number of carbonyl (C=O) groups excluding carboxylic acids is 1. The first-order valence-electron chi connectivity index (χ1n) is 8.69. The standard InChI is InChI=1S/C20H18F3N3O3/c1-12(2)29-19(27)17(14-4-5-28-10-14)9-26-11-24-18(25-26)15-6-13(3)7-16(8-15)20(21,22)23/h4-12H,1-3H3/b17-9-. The van der Waals surface area contributed by atoms with Gasteiger partial charge in [0.1, 0.15) is 6.33 Å². The fourth-order valence-corrected chi connectivity index (χ4v) is 2.62. The van der Waals surface area contributed by atoms with Gasteiger partial charge in [0.2, 0.25) is 0 Å². The number of alkyl halides is 3. The van der Waals surface area contributed by atoms with E-state index in [1.807, 2.05) is 0 Å². The van der Waals surface area contributed by atoms with Crippen LogP contribution >= 0.6 is 0 Å². The molecule has 2 heterocycles. The average Bonchev–Trinajstić information content (AvgIpc) is 3.29. The first kappa shape index (κ1) is 20.4. The molecule has 0 aliphatic rings. The molecule has 6 nitrogen and oxygen atoms in total. The third kappa shape index (κ3) is 4.92. The van der Waals surface area contributed by atoms with E-state index in [0.717, 1.165) is 12.1 Å². The number of ether oxygens (including phenoxy) is 1. The maximum Gasteiger partial charge on any atom is 0.416 e. The molecular formula is C20H18F3N3O3. The Morgan fingerprint density at radius 2 is 2.03 bits per heavy atom. The third-order valence-corrected chi connectivity index (χ3v) is 3.83. The number of rotatable bonds is 5. The summed E-state index contributed by atoms with van der Waals surface area (Å²) in [6.07, 6.45) is 0.654. The van der Waals surface area contributed by atoms with E-state index in [9.17, 15) is 18.0 Å². The Kier molecular flexibility index (Phi) is 5.58. The highest BCUT2D eigenvalue weighted by atomic mass is 19.4. The Hall–Kier alpha value is -3.36. The minimum Gasteiger partial charge on any atom is -0.472 e. The van der Waals surface area contributed by atoms with Crippen molar-refractivity contribution in [3.05, 3.63) is 59.8 Å². The van der Waals surface area contributed by atoms with Crippen LogP contribution in [-0.4, -0.2) is 26.8 Å². The van der Waals surface area contributed by atoms with Gasteiger partial charge in [0, 0.05) is 17.3 Å². The second-order valence-electron chi connectivity index (χ2n) is 6.64. The van der Waals surface area contributed by atoms with E-state index < -0.39 is 17.7 Å². The van der Waals surface area contributed by atoms with Crippen molar-refractivity contribution in [3.8, 4) is 11.4 Å². The number of furan rings is 1. The summed E-state index contributed by atoms with van der Waals surface area (Å²) < 4.78 is 50.7. The fourth-order valence-electron chi connectivity index (χ4n) is 2.62. The quantitative estimate of drug-likeness (QED) is 0.450. The highest BCUT2D eigenvalue weighted by Crippen LogP contribution is 2.32. The van der Waals surface area contributed by atoms with Gasteiger partial charge in [0.05, 0.1) is 29.8 Å². The van der Waals surface area contributed by atoms with E-state index in [-0.39, 0.29) is 23.1 Å². The predicted molar refractivity (Wildman–Crippen MR) is 99.3 cm³/mol. The second kappa shape index (κ2) is 7.94. The molecule has 0 atom stereocenters. The Morgan fingerprint density at radius 3 is 2.66 bits per heavy atom. The minimum atomic E-state index is -4.47. The molecule has 0 amide bonds. The predicted octanol–water partition coefficient (Wildman–Crippen LogP) is 4.82. The number of carbonyl (C=O) groups is 1. The van der Waals surface area contributed by atoms with Gasteiger partial charge in [0.15, 0.2) is 5.82 Å². The van der Waals surface area contributed by atoms with E-state index >= 15 is 0 Å². The van der Waals surface area contributed by atoms with Crippen molar-refractivity contribution in [2.24, 2.45) is 0 Å². The molecule has 0 unspecified atom stereocenters. The zero-order valence-electron chi connectivity index (χ0n) is 15.9. The summed E-state index contributed by atoms with van der Waals surface area (Å²) in [5.41, 5.74) is 0.520. The first-order valence-corrected chi connectivity index (χ1v) is 8.69. The van der Waals surface area contributed by atoms with Crippen LogP contribution in [0.3, 0.4) is 0 Å². The molecule has 2 aromatic heterocycles. The van der Waals surface area contributed by atoms with Crippen molar-refractivity contribution < 1.29 is 27.1 Å². The van der Waals surface area contributed by atoms with Gasteiger partial charge in [-0.25, -0.2) is 14.5 Å². The van der Waals surface area contributed by atoms with Crippen LogP contribution in [0.5, 0.6) is 0 Å². The Morgan fingerprint density at radius 1 is 1.28 bits per heavy atom. The molecule has 0 N–H and O–H groups in total. The summed E-state index contributed by atoms with van der Waals surface area (Å²) in [5, 5.41) is 4.18. The summed E-state index contributed by atoms with van der Waals surface area (Å²) in [6.45, 7) is 5.00. The molecule has 29 heavy (non-hydrogen) atoms. The molecule has 0 aliphatic carbocycles. The van der Waals surface area contributed by atoms with E-state index in [4.69, 9.17) is 9.15 Å². The van der Waals surface area contributed by atoms with Crippen molar-refractivity contribution >= 4 is 17.7 Å². The lowest BCUT2D eigenvalue weighted by atomic mass is 10.1. The number of hydrogen-bond donors (Lipinski definition) is 0. The van der Waals surface area contributed by atoms with Gasteiger partial charge in [-0.15, -0.1) is 5.10 Å². The summed E-state index contributed by atoms with van der Waals surface area (Å²) in [4.78, 5) is 16.5. The molecule has 9 heteroatoms. The van der Waals surface area contributed by atoms with Crippen LogP contribution in [0, 0.1) is 6.92 Å². The van der Waals surface area contributed by atoms with Crippen LogP contribution in [0.25, 0.3) is 23.2 Å². The zero-order valence-corrected chi connectivity index (χ0v) is 15.9. The topological polar surface area (TPSA) is 70.2 Å². The van der Waals surface area contributed by atoms with Gasteiger partial charge in [-0.1, -0.05) is 0 Å². The number of nitrogens with zero attached hydrogens (tertiary/aromatic N) is 3. The van der Waals surface area contributed by atoms with Crippen LogP contribution in [0.2, 0.25) is 0 Å². The molecule has 0 saturated heterocycles. The van der Waals surface area contributed by atoms with Crippen LogP contribution in [-0.2, 0) is 15.7 Å². The largest absolute Gasteiger partial charge is 0.472 e. The molecule has 3 rings (SSSR count). The van der Waals surface area contributed by atoms with Gasteiger partial charge in [-0.05, 0) is 50.6 Å². The highest BCUT2D eigenvalue weighted by molar-refractivity contribution is 6.20. The van der Waals surface area contributed by atoms with Crippen LogP contribution in [0.4, 0.5) is 13.2 Å². The molecule has 0 fully saturated rings. The van der Waals surface area contributed by atoms with E-state index in [0.29, 0.717) is 11.1 Å². The van der Waals surface area contributed by atoms with Gasteiger partial charge in [-0.2, -0.15) is 13.2 Å². The zero-order chi connectivity index (χ0) is 21.2. The Balaban J connectivity index is 1.98. The van der Waals surface area contributed by atoms with E-state index in [1.54, 1.807) is 32.9 Å². The molecule has 0 saturated carbocycles. The smallest absolute Gasteiger partial charge is 0.416 e. The SMILES string of the molecule is Cc1cc(-c2ncn(/C=C(\C(=O)OC(C)C)c3ccoc3)n2)cc(C(F)(F)F)c1. The molecule has 1 aromatic carbocycles. The number of halogens is 3. The molecule has 3 aromatic rings. The fraction of sp³-hybridized carbons (Fsp3) is 0.250. The molecule has 152 valence electrons. The Labute approximate surface area is 164 Å². The lowest BCUT2D eigenvalue weighted by Crippen LogP contribution is -2.13. The van der Waals surface area contributed by atoms with Crippen molar-refractivity contribution in [1.29, 1.82) is 0 Å². The number of benzene rings is 1. The number of aryl methyl sites for hydroxylation is 1. The summed E-state index contributed by atoms with van der Waals surface area (Å²) in [7, 11) is 0. The average molecular weight is 405 g/mol. The number of aromatic nitrogens is 3. The van der Waals surface area contributed by atoms with Crippen LogP contribution < -0.4 is 0 Å². The van der Waals surface area contributed by atoms with Crippen LogP contribution in [0.1, 0.15) is 30.5 Å². The van der Waals surface area contributed by atoms with Gasteiger partial charge in [-0.3, -0.25) is 0 Å². The minimum absolute atomic E-state index is 0.0965. The monoisotopic (exact) mass is 405 g/mol. The normalized spacial score (nSPS) is 12.4. The molecule has 0 spiro atoms. The maximum atomic E-state index is 13.1. The van der Waals surface area contributed by atoms with Crippen molar-refractivity contribution in [2.75, 3.05) is 0 Å². The van der Waals surface area contributed by atoms with Crippen molar-refractivity contribution in [2.45, 2.75) is 33.1 Å². The first-order chi connectivity index (χ1) is 13.6. The molecule has 0 aliphatic heterocycles. The molecule has 0 radical (unpaired) electrons. The Bertz CT molecular complexity index is 1030. The number of esters is 1. The third-order valence-electron chi connectivity index (χ3n) is 3.83. The van der Waals surface area contributed by atoms with Crippen molar-refractivity contribution in [3.63, 3.8) is 0 Å². The lowest BCUT2D eigenvalue weighted by Gasteiger charge is -2.10. The maximum absolute atomic E-state index is 13.1. The summed E-state index contributed by atoms with van der Waals surface area (Å²) in [5.74, 6) is -0.493. The molecule has 0 bridgehead atoms. The van der Waals surface area contributed by atoms with Crippen LogP contribution in [0.15, 0.2) is 47.5 Å². The van der Waals surface area contributed by atoms with Gasteiger partial charge in [0.25, 0.3) is 0 Å². The highest BCUT2D eigenvalue weighted by Gasteiger charge is 2.31. The van der Waals surface area contributed by atoms with Crippen molar-refractivity contribution in [1.82, 2.24) is 14.8 Å². The summed E-state index contributed by atoms with van der Waals surface area (Å²) in [6, 6.07) is 5.18. The second-order valence-corrected chi connectivity index (χ2v) is 6.64. The number of hydrogen-bond acceptors (Lipinski definition) is 5. The summed E-state index contributed by atoms with van der Waals surface area (Å²) >= 11 is 0. The van der Waals surface area contributed by atoms with Gasteiger partial charge >= 0.3 is 12.1 Å². The van der Waals surface area contributed by atoms with E-state index in [1.165, 1.54) is 29.7 Å². The molecular weight excluding hydrogens is 387 g/mol. The lowest BCUT2D eigenvalue weighted by molar-refractivity contribution is -0.140. The van der Waals surface area contributed by atoms with E-state index in [2.05, 4.69) is 10.1 Å². The van der Waals surface area contributed by atoms with Gasteiger partial charge < -0.3 is 9.15 Å².